The van der Waals surface area contributed by atoms with E-state index in [0.717, 1.165) is 18.1 Å². The Balaban J connectivity index is 2.22. The van der Waals surface area contributed by atoms with Gasteiger partial charge in [-0.3, -0.25) is 4.79 Å². The lowest BCUT2D eigenvalue weighted by Crippen LogP contribution is -2.51. The Kier molecular flexibility index (Phi) is 5.42. The highest BCUT2D eigenvalue weighted by Crippen LogP contribution is 2.07. The van der Waals surface area contributed by atoms with E-state index in [0.29, 0.717) is 12.6 Å². The van der Waals surface area contributed by atoms with Crippen LogP contribution in [-0.2, 0) is 4.79 Å². The van der Waals surface area contributed by atoms with Crippen molar-refractivity contribution in [1.82, 2.24) is 15.5 Å². The van der Waals surface area contributed by atoms with Crippen molar-refractivity contribution in [3.05, 3.63) is 0 Å². The number of amides is 1. The molecule has 1 aliphatic rings. The van der Waals surface area contributed by atoms with Gasteiger partial charge < -0.3 is 15.5 Å². The summed E-state index contributed by atoms with van der Waals surface area (Å²) in [4.78, 5) is 13.8. The minimum atomic E-state index is -0.00175. The van der Waals surface area contributed by atoms with Crippen LogP contribution in [0.3, 0.4) is 0 Å². The van der Waals surface area contributed by atoms with E-state index in [2.05, 4.69) is 22.5 Å². The molecule has 0 aromatic rings. The summed E-state index contributed by atoms with van der Waals surface area (Å²) in [5.41, 5.74) is 0. The van der Waals surface area contributed by atoms with Gasteiger partial charge in [0, 0.05) is 30.6 Å². The first-order valence-electron chi connectivity index (χ1n) is 5.36. The van der Waals surface area contributed by atoms with E-state index in [1.54, 1.807) is 0 Å². The van der Waals surface area contributed by atoms with Crippen molar-refractivity contribution in [2.45, 2.75) is 19.0 Å². The van der Waals surface area contributed by atoms with Crippen LogP contribution in [0.2, 0.25) is 0 Å². The Bertz CT molecular complexity index is 205. The number of thioether (sulfide) groups is 1. The Hall–Kier alpha value is -0.260. The molecular weight excluding hydrogens is 210 g/mol. The summed E-state index contributed by atoms with van der Waals surface area (Å²) < 4.78 is 0. The van der Waals surface area contributed by atoms with Gasteiger partial charge in [-0.25, -0.2) is 0 Å². The highest BCUT2D eigenvalue weighted by molar-refractivity contribution is 7.99. The first kappa shape index (κ1) is 12.8. The summed E-state index contributed by atoms with van der Waals surface area (Å²) in [6.45, 7) is 3.75. The summed E-state index contributed by atoms with van der Waals surface area (Å²) in [6.07, 6.45) is 0. The Labute approximate surface area is 96.2 Å². The first-order valence-corrected chi connectivity index (χ1v) is 6.52. The molecule has 2 atom stereocenters. The Morgan fingerprint density at radius 3 is 2.93 bits per heavy atom. The zero-order valence-electron chi connectivity index (χ0n) is 9.75. The summed E-state index contributed by atoms with van der Waals surface area (Å²) in [6, 6.07) is 0.378. The number of hydrogen-bond donors (Lipinski definition) is 2. The van der Waals surface area contributed by atoms with Gasteiger partial charge in [0.1, 0.15) is 0 Å². The van der Waals surface area contributed by atoms with Gasteiger partial charge >= 0.3 is 0 Å². The van der Waals surface area contributed by atoms with Crippen molar-refractivity contribution >= 4 is 17.7 Å². The van der Waals surface area contributed by atoms with Crippen molar-refractivity contribution in [1.29, 1.82) is 0 Å². The fourth-order valence-corrected chi connectivity index (χ4v) is 2.22. The normalized spacial score (nSPS) is 23.9. The number of carbonyl (C=O) groups excluding carboxylic acids is 1. The van der Waals surface area contributed by atoms with Gasteiger partial charge in [0.2, 0.25) is 5.91 Å². The number of rotatable bonds is 4. The predicted molar refractivity (Wildman–Crippen MR) is 65.3 cm³/mol. The van der Waals surface area contributed by atoms with Crippen LogP contribution in [0.15, 0.2) is 0 Å². The molecule has 0 aromatic heterocycles. The van der Waals surface area contributed by atoms with Crippen LogP contribution in [0.5, 0.6) is 0 Å². The highest BCUT2D eigenvalue weighted by atomic mass is 32.2. The summed E-state index contributed by atoms with van der Waals surface area (Å²) in [5.74, 6) is 2.14. The average molecular weight is 231 g/mol. The molecule has 0 spiro atoms. The average Bonchev–Trinajstić information content (AvgIpc) is 2.26. The molecule has 1 saturated heterocycles. The summed E-state index contributed by atoms with van der Waals surface area (Å²) in [5, 5.41) is 6.20. The van der Waals surface area contributed by atoms with Crippen LogP contribution >= 0.6 is 11.8 Å². The molecule has 1 aliphatic heterocycles. The van der Waals surface area contributed by atoms with Crippen LogP contribution in [0.4, 0.5) is 0 Å². The molecule has 0 bridgehead atoms. The third-order valence-corrected chi connectivity index (χ3v) is 3.75. The van der Waals surface area contributed by atoms with E-state index >= 15 is 0 Å². The molecule has 4 nitrogen and oxygen atoms in total. The third kappa shape index (κ3) is 4.40. The molecule has 1 rings (SSSR count). The van der Waals surface area contributed by atoms with Crippen LogP contribution in [0, 0.1) is 0 Å². The second-order valence-electron chi connectivity index (χ2n) is 4.14. The number of nitrogens with zero attached hydrogens (tertiary/aromatic N) is 1. The fourth-order valence-electron chi connectivity index (χ4n) is 1.29. The molecule has 1 amide bonds. The SMILES string of the molecule is CC(CNC(=O)C1CSCCN1)N(C)C. The monoisotopic (exact) mass is 231 g/mol. The first-order chi connectivity index (χ1) is 7.11. The molecule has 2 N–H and O–H groups in total. The lowest BCUT2D eigenvalue weighted by molar-refractivity contribution is -0.122. The molecule has 5 heteroatoms. The standard InChI is InChI=1S/C10H21N3OS/c1-8(13(2)3)6-12-10(14)9-7-15-5-4-11-9/h8-9,11H,4-7H2,1-3H3,(H,12,14). The molecular formula is C10H21N3OS. The van der Waals surface area contributed by atoms with Gasteiger partial charge in [-0.15, -0.1) is 0 Å². The van der Waals surface area contributed by atoms with Crippen molar-refractivity contribution in [3.8, 4) is 0 Å². The lowest BCUT2D eigenvalue weighted by atomic mass is 10.2. The maximum atomic E-state index is 11.7. The topological polar surface area (TPSA) is 44.4 Å². The van der Waals surface area contributed by atoms with Gasteiger partial charge in [0.25, 0.3) is 0 Å². The molecule has 88 valence electrons. The van der Waals surface area contributed by atoms with Crippen molar-refractivity contribution < 1.29 is 4.79 Å². The Morgan fingerprint density at radius 1 is 1.67 bits per heavy atom. The smallest absolute Gasteiger partial charge is 0.238 e. The minimum Gasteiger partial charge on any atom is -0.353 e. The van der Waals surface area contributed by atoms with Crippen LogP contribution in [0.1, 0.15) is 6.92 Å². The van der Waals surface area contributed by atoms with Crippen LogP contribution in [-0.4, -0.2) is 61.6 Å². The van der Waals surface area contributed by atoms with Crippen molar-refractivity contribution in [3.63, 3.8) is 0 Å². The molecule has 0 aliphatic carbocycles. The second kappa shape index (κ2) is 6.35. The number of nitrogens with one attached hydrogen (secondary N) is 2. The Morgan fingerprint density at radius 2 is 2.40 bits per heavy atom. The van der Waals surface area contributed by atoms with E-state index in [1.807, 2.05) is 25.9 Å². The van der Waals surface area contributed by atoms with Gasteiger partial charge in [-0.2, -0.15) is 11.8 Å². The molecule has 0 radical (unpaired) electrons. The maximum absolute atomic E-state index is 11.7. The van der Waals surface area contributed by atoms with E-state index < -0.39 is 0 Å². The molecule has 0 saturated carbocycles. The third-order valence-electron chi connectivity index (χ3n) is 2.69. The molecule has 1 fully saturated rings. The van der Waals surface area contributed by atoms with E-state index in [4.69, 9.17) is 0 Å². The van der Waals surface area contributed by atoms with Gasteiger partial charge in [-0.1, -0.05) is 0 Å². The summed E-state index contributed by atoms with van der Waals surface area (Å²) >= 11 is 1.84. The van der Waals surface area contributed by atoms with E-state index in [-0.39, 0.29) is 11.9 Å². The minimum absolute atomic E-state index is 0.00175. The van der Waals surface area contributed by atoms with Crippen LogP contribution < -0.4 is 10.6 Å². The van der Waals surface area contributed by atoms with Gasteiger partial charge in [0.05, 0.1) is 6.04 Å². The summed E-state index contributed by atoms with van der Waals surface area (Å²) in [7, 11) is 4.04. The maximum Gasteiger partial charge on any atom is 0.238 e. The fraction of sp³-hybridized carbons (Fsp3) is 0.900. The molecule has 2 unspecified atom stereocenters. The number of hydrogen-bond acceptors (Lipinski definition) is 4. The quantitative estimate of drug-likeness (QED) is 0.701. The van der Waals surface area contributed by atoms with Crippen molar-refractivity contribution in [2.75, 3.05) is 38.7 Å². The van der Waals surface area contributed by atoms with E-state index in [9.17, 15) is 4.79 Å². The van der Waals surface area contributed by atoms with Crippen molar-refractivity contribution in [2.24, 2.45) is 0 Å². The van der Waals surface area contributed by atoms with Crippen LogP contribution in [0.25, 0.3) is 0 Å². The molecule has 0 aromatic carbocycles. The van der Waals surface area contributed by atoms with E-state index in [1.165, 1.54) is 0 Å². The number of likely N-dealkylation sites (N-methyl/N-ethyl adjacent to an activating group) is 1. The lowest BCUT2D eigenvalue weighted by Gasteiger charge is -2.25. The zero-order chi connectivity index (χ0) is 11.3. The zero-order valence-corrected chi connectivity index (χ0v) is 10.6. The predicted octanol–water partition coefficient (Wildman–Crippen LogP) is -0.242. The van der Waals surface area contributed by atoms with Gasteiger partial charge in [-0.05, 0) is 21.0 Å². The van der Waals surface area contributed by atoms with Gasteiger partial charge in [0.15, 0.2) is 0 Å². The molecule has 15 heavy (non-hydrogen) atoms. The molecule has 1 heterocycles. The largest absolute Gasteiger partial charge is 0.353 e. The highest BCUT2D eigenvalue weighted by Gasteiger charge is 2.20. The number of carbonyl (C=O) groups is 1. The second-order valence-corrected chi connectivity index (χ2v) is 5.29.